The molecule has 0 aliphatic carbocycles. The molecule has 2 N–H and O–H groups in total. The van der Waals surface area contributed by atoms with Crippen LogP contribution in [0.4, 0.5) is 0 Å². The van der Waals surface area contributed by atoms with E-state index in [-0.39, 0.29) is 11.9 Å². The minimum atomic E-state index is -0.0366. The zero-order chi connectivity index (χ0) is 11.2. The van der Waals surface area contributed by atoms with Crippen LogP contribution >= 0.6 is 0 Å². The number of carbonyl (C=O) groups excluding carboxylic acids is 1. The Labute approximate surface area is 94.6 Å². The maximum atomic E-state index is 11.7. The van der Waals surface area contributed by atoms with Crippen molar-refractivity contribution < 1.29 is 4.79 Å². The van der Waals surface area contributed by atoms with Crippen LogP contribution in [0.5, 0.6) is 0 Å². The average Bonchev–Trinajstić information content (AvgIpc) is 2.38. The highest BCUT2D eigenvalue weighted by Crippen LogP contribution is 2.06. The van der Waals surface area contributed by atoms with Crippen molar-refractivity contribution in [2.75, 3.05) is 6.54 Å². The highest BCUT2D eigenvalue weighted by Gasteiger charge is 2.19. The van der Waals surface area contributed by atoms with E-state index in [9.17, 15) is 4.79 Å². The van der Waals surface area contributed by atoms with Gasteiger partial charge in [0.2, 0.25) is 5.91 Å². The van der Waals surface area contributed by atoms with E-state index >= 15 is 0 Å². The quantitative estimate of drug-likeness (QED) is 0.765. The van der Waals surface area contributed by atoms with Gasteiger partial charge in [0.25, 0.3) is 0 Å². The molecule has 1 aromatic rings. The van der Waals surface area contributed by atoms with Crippen molar-refractivity contribution >= 4 is 5.91 Å². The third-order valence-corrected chi connectivity index (χ3v) is 2.70. The van der Waals surface area contributed by atoms with E-state index in [0.717, 1.165) is 31.5 Å². The molecule has 1 unspecified atom stereocenters. The van der Waals surface area contributed by atoms with E-state index in [0.29, 0.717) is 6.54 Å². The lowest BCUT2D eigenvalue weighted by Gasteiger charge is -2.22. The third-order valence-electron chi connectivity index (χ3n) is 2.70. The van der Waals surface area contributed by atoms with Gasteiger partial charge in [-0.15, -0.1) is 0 Å². The Hall–Kier alpha value is -1.49. The van der Waals surface area contributed by atoms with Gasteiger partial charge in [0.05, 0.1) is 18.3 Å². The summed E-state index contributed by atoms with van der Waals surface area (Å²) in [5.41, 5.74) is 0.784. The summed E-state index contributed by atoms with van der Waals surface area (Å²) in [6, 6.07) is 3.62. The molecule has 0 radical (unpaired) electrons. The van der Waals surface area contributed by atoms with Gasteiger partial charge in [0, 0.05) is 6.20 Å². The molecule has 0 saturated carbocycles. The van der Waals surface area contributed by atoms with Crippen LogP contribution in [0.1, 0.15) is 25.0 Å². The van der Waals surface area contributed by atoms with Crippen LogP contribution in [0.2, 0.25) is 0 Å². The van der Waals surface area contributed by atoms with Crippen LogP contribution in [0, 0.1) is 0 Å². The smallest absolute Gasteiger partial charge is 0.237 e. The number of nitrogens with zero attached hydrogens (tertiary/aromatic N) is 2. The second-order valence-corrected chi connectivity index (χ2v) is 3.94. The molecule has 1 saturated heterocycles. The first-order valence-corrected chi connectivity index (χ1v) is 5.64. The largest absolute Gasteiger partial charge is 0.349 e. The predicted octanol–water partition coefficient (Wildman–Crippen LogP) is 0.235. The van der Waals surface area contributed by atoms with Crippen molar-refractivity contribution in [2.24, 2.45) is 0 Å². The Balaban J connectivity index is 1.79. The summed E-state index contributed by atoms with van der Waals surface area (Å²) in [7, 11) is 0. The molecular weight excluding hydrogens is 204 g/mol. The minimum absolute atomic E-state index is 0.0366. The first kappa shape index (κ1) is 11.0. The van der Waals surface area contributed by atoms with Gasteiger partial charge in [0.15, 0.2) is 0 Å². The summed E-state index contributed by atoms with van der Waals surface area (Å²) in [5.74, 6) is 0.0605. The topological polar surface area (TPSA) is 66.9 Å². The lowest BCUT2D eigenvalue weighted by molar-refractivity contribution is -0.123. The van der Waals surface area contributed by atoms with Gasteiger partial charge in [-0.1, -0.05) is 6.42 Å². The van der Waals surface area contributed by atoms with Crippen molar-refractivity contribution in [3.8, 4) is 0 Å². The lowest BCUT2D eigenvalue weighted by Crippen LogP contribution is -2.46. The predicted molar refractivity (Wildman–Crippen MR) is 59.5 cm³/mol. The summed E-state index contributed by atoms with van der Waals surface area (Å²) in [4.78, 5) is 11.7. The van der Waals surface area contributed by atoms with E-state index < -0.39 is 0 Å². The van der Waals surface area contributed by atoms with Crippen molar-refractivity contribution in [3.63, 3.8) is 0 Å². The first-order valence-electron chi connectivity index (χ1n) is 5.64. The second-order valence-electron chi connectivity index (χ2n) is 3.94. The van der Waals surface area contributed by atoms with Gasteiger partial charge < -0.3 is 10.6 Å². The Morgan fingerprint density at radius 1 is 1.56 bits per heavy atom. The molecule has 1 aromatic heterocycles. The van der Waals surface area contributed by atoms with Gasteiger partial charge >= 0.3 is 0 Å². The van der Waals surface area contributed by atoms with E-state index in [1.54, 1.807) is 6.20 Å². The van der Waals surface area contributed by atoms with Crippen LogP contribution in [0.15, 0.2) is 18.3 Å². The molecule has 0 spiro atoms. The van der Waals surface area contributed by atoms with Crippen LogP contribution in [0.25, 0.3) is 0 Å². The van der Waals surface area contributed by atoms with Crippen LogP contribution in [-0.2, 0) is 11.3 Å². The molecule has 5 nitrogen and oxygen atoms in total. The summed E-state index contributed by atoms with van der Waals surface area (Å²) in [5, 5.41) is 13.7. The van der Waals surface area contributed by atoms with Crippen molar-refractivity contribution in [2.45, 2.75) is 31.8 Å². The Kier molecular flexibility index (Phi) is 3.82. The van der Waals surface area contributed by atoms with E-state index in [2.05, 4.69) is 20.8 Å². The highest BCUT2D eigenvalue weighted by molar-refractivity contribution is 5.81. The molecule has 16 heavy (non-hydrogen) atoms. The molecule has 1 amide bonds. The SMILES string of the molecule is O=C(NCc1cccnn1)C1CCCCN1. The molecular formula is C11H16N4O. The van der Waals surface area contributed by atoms with Crippen LogP contribution in [-0.4, -0.2) is 28.7 Å². The summed E-state index contributed by atoms with van der Waals surface area (Å²) >= 11 is 0. The molecule has 2 heterocycles. The van der Waals surface area contributed by atoms with Crippen LogP contribution < -0.4 is 10.6 Å². The standard InChI is InChI=1S/C11H16N4O/c16-11(10-5-1-2-6-12-10)13-8-9-4-3-7-14-15-9/h3-4,7,10,12H,1-2,5-6,8H2,(H,13,16). The number of aromatic nitrogens is 2. The Bertz CT molecular complexity index is 335. The monoisotopic (exact) mass is 220 g/mol. The van der Waals surface area contributed by atoms with Gasteiger partial charge in [-0.25, -0.2) is 0 Å². The summed E-state index contributed by atoms with van der Waals surface area (Å²) in [6.07, 6.45) is 4.82. The van der Waals surface area contributed by atoms with Gasteiger partial charge in [-0.05, 0) is 31.5 Å². The fraction of sp³-hybridized carbons (Fsp3) is 0.545. The maximum absolute atomic E-state index is 11.7. The number of hydrogen-bond acceptors (Lipinski definition) is 4. The van der Waals surface area contributed by atoms with E-state index in [1.807, 2.05) is 12.1 Å². The molecule has 1 atom stereocenters. The molecule has 86 valence electrons. The van der Waals surface area contributed by atoms with E-state index in [1.165, 1.54) is 0 Å². The molecule has 5 heteroatoms. The number of carbonyl (C=O) groups is 1. The van der Waals surface area contributed by atoms with Crippen molar-refractivity contribution in [1.82, 2.24) is 20.8 Å². The van der Waals surface area contributed by atoms with E-state index in [4.69, 9.17) is 0 Å². The average molecular weight is 220 g/mol. The Morgan fingerprint density at radius 3 is 3.19 bits per heavy atom. The molecule has 1 aliphatic rings. The molecule has 0 bridgehead atoms. The van der Waals surface area contributed by atoms with Gasteiger partial charge in [-0.2, -0.15) is 10.2 Å². The van der Waals surface area contributed by atoms with Crippen molar-refractivity contribution in [3.05, 3.63) is 24.0 Å². The maximum Gasteiger partial charge on any atom is 0.237 e. The number of hydrogen-bond donors (Lipinski definition) is 2. The van der Waals surface area contributed by atoms with Gasteiger partial charge in [-0.3, -0.25) is 4.79 Å². The number of nitrogens with one attached hydrogen (secondary N) is 2. The zero-order valence-electron chi connectivity index (χ0n) is 9.15. The molecule has 1 aliphatic heterocycles. The molecule has 2 rings (SSSR count). The molecule has 1 fully saturated rings. The lowest BCUT2D eigenvalue weighted by atomic mass is 10.0. The first-order chi connectivity index (χ1) is 7.86. The molecule has 0 aromatic carbocycles. The Morgan fingerprint density at radius 2 is 2.50 bits per heavy atom. The normalized spacial score (nSPS) is 20.4. The van der Waals surface area contributed by atoms with Crippen molar-refractivity contribution in [1.29, 1.82) is 0 Å². The van der Waals surface area contributed by atoms with Crippen LogP contribution in [0.3, 0.4) is 0 Å². The minimum Gasteiger partial charge on any atom is -0.349 e. The number of rotatable bonds is 3. The summed E-state index contributed by atoms with van der Waals surface area (Å²) in [6.45, 7) is 1.38. The third kappa shape index (κ3) is 3.00. The van der Waals surface area contributed by atoms with Gasteiger partial charge in [0.1, 0.15) is 0 Å². The zero-order valence-corrected chi connectivity index (χ0v) is 9.15. The second kappa shape index (κ2) is 5.55. The highest BCUT2D eigenvalue weighted by atomic mass is 16.2. The fourth-order valence-corrected chi connectivity index (χ4v) is 1.80. The number of amides is 1. The summed E-state index contributed by atoms with van der Waals surface area (Å²) < 4.78 is 0. The fourth-order valence-electron chi connectivity index (χ4n) is 1.80. The number of piperidine rings is 1.